The molecular formula is C20H29N5O. The average molecular weight is 355 g/mol. The van der Waals surface area contributed by atoms with Crippen LogP contribution in [-0.4, -0.2) is 38.7 Å². The van der Waals surface area contributed by atoms with Gasteiger partial charge in [0.15, 0.2) is 5.82 Å². The third kappa shape index (κ3) is 4.12. The maximum atomic E-state index is 12.7. The summed E-state index contributed by atoms with van der Waals surface area (Å²) in [6.07, 6.45) is 0. The van der Waals surface area contributed by atoms with Crippen LogP contribution in [0.5, 0.6) is 0 Å². The fourth-order valence-corrected chi connectivity index (χ4v) is 3.71. The lowest BCUT2D eigenvalue weighted by atomic mass is 9.97. The Morgan fingerprint density at radius 3 is 2.62 bits per heavy atom. The molecule has 1 amide bonds. The largest absolute Gasteiger partial charge is 0.349 e. The number of hydrogen-bond acceptors (Lipinski definition) is 4. The minimum absolute atomic E-state index is 0.0245. The van der Waals surface area contributed by atoms with Crippen LogP contribution >= 0.6 is 0 Å². The van der Waals surface area contributed by atoms with Crippen molar-refractivity contribution in [3.8, 4) is 0 Å². The van der Waals surface area contributed by atoms with Crippen LogP contribution < -0.4 is 5.32 Å². The lowest BCUT2D eigenvalue weighted by Crippen LogP contribution is -2.34. The van der Waals surface area contributed by atoms with Crippen molar-refractivity contribution in [3.63, 3.8) is 0 Å². The number of likely N-dealkylation sites (tertiary alicyclic amines) is 1. The number of nitrogens with one attached hydrogen (secondary N) is 1. The van der Waals surface area contributed by atoms with Gasteiger partial charge in [0, 0.05) is 32.6 Å². The Labute approximate surface area is 155 Å². The van der Waals surface area contributed by atoms with E-state index in [2.05, 4.69) is 65.5 Å². The van der Waals surface area contributed by atoms with Crippen LogP contribution in [0.1, 0.15) is 43.9 Å². The number of amides is 1. The molecule has 1 aliphatic heterocycles. The second-order valence-corrected chi connectivity index (χ2v) is 7.67. The number of carbonyl (C=O) groups is 1. The normalized spacial score (nSPS) is 20.7. The Morgan fingerprint density at radius 2 is 1.96 bits per heavy atom. The maximum Gasteiger partial charge on any atom is 0.225 e. The van der Waals surface area contributed by atoms with Crippen LogP contribution in [0.3, 0.4) is 0 Å². The second kappa shape index (κ2) is 7.99. The van der Waals surface area contributed by atoms with Crippen LogP contribution in [0.25, 0.3) is 0 Å². The highest BCUT2D eigenvalue weighted by Gasteiger charge is 2.34. The molecule has 140 valence electrons. The predicted molar refractivity (Wildman–Crippen MR) is 101 cm³/mol. The smallest absolute Gasteiger partial charge is 0.225 e. The van der Waals surface area contributed by atoms with Crippen LogP contribution in [0.2, 0.25) is 0 Å². The molecule has 2 aromatic rings. The van der Waals surface area contributed by atoms with Gasteiger partial charge in [0.2, 0.25) is 5.91 Å². The predicted octanol–water partition coefficient (Wildman–Crippen LogP) is 2.32. The van der Waals surface area contributed by atoms with E-state index in [-0.39, 0.29) is 11.8 Å². The summed E-state index contributed by atoms with van der Waals surface area (Å²) in [5.74, 6) is 2.55. The third-order valence-electron chi connectivity index (χ3n) is 5.21. The summed E-state index contributed by atoms with van der Waals surface area (Å²) in [6.45, 7) is 9.43. The molecule has 0 spiro atoms. The quantitative estimate of drug-likeness (QED) is 0.864. The molecule has 0 saturated carbocycles. The van der Waals surface area contributed by atoms with Gasteiger partial charge in [-0.05, 0) is 11.5 Å². The van der Waals surface area contributed by atoms with E-state index in [9.17, 15) is 4.79 Å². The van der Waals surface area contributed by atoms with Gasteiger partial charge in [0.1, 0.15) is 5.82 Å². The average Bonchev–Trinajstić information content (AvgIpc) is 3.16. The number of rotatable bonds is 6. The van der Waals surface area contributed by atoms with Gasteiger partial charge in [-0.15, -0.1) is 10.2 Å². The molecule has 3 rings (SSSR count). The highest BCUT2D eigenvalue weighted by molar-refractivity contribution is 5.79. The van der Waals surface area contributed by atoms with Crippen molar-refractivity contribution in [2.75, 3.05) is 13.1 Å². The molecule has 1 aromatic carbocycles. The van der Waals surface area contributed by atoms with E-state index >= 15 is 0 Å². The number of benzene rings is 1. The first-order valence-corrected chi connectivity index (χ1v) is 9.38. The topological polar surface area (TPSA) is 63.1 Å². The summed E-state index contributed by atoms with van der Waals surface area (Å²) < 4.78 is 1.98. The van der Waals surface area contributed by atoms with Crippen molar-refractivity contribution < 1.29 is 4.79 Å². The minimum Gasteiger partial charge on any atom is -0.349 e. The monoisotopic (exact) mass is 355 g/mol. The standard InChI is InChI=1S/C20H29N5O/c1-14(2)19-23-22-18(24(19)4)10-21-20(26)17-13-25(11-15(17)3)12-16-8-6-5-7-9-16/h5-9,14-15,17H,10-13H2,1-4H3,(H,21,26)/t15-,17-/m1/s1. The molecule has 6 heteroatoms. The molecule has 0 aliphatic carbocycles. The summed E-state index contributed by atoms with van der Waals surface area (Å²) in [5.41, 5.74) is 1.29. The Balaban J connectivity index is 1.55. The molecule has 1 fully saturated rings. The van der Waals surface area contributed by atoms with E-state index in [0.29, 0.717) is 18.4 Å². The highest BCUT2D eigenvalue weighted by atomic mass is 16.2. The van der Waals surface area contributed by atoms with Gasteiger partial charge in [-0.25, -0.2) is 0 Å². The van der Waals surface area contributed by atoms with Gasteiger partial charge < -0.3 is 9.88 Å². The van der Waals surface area contributed by atoms with Crippen molar-refractivity contribution >= 4 is 5.91 Å². The van der Waals surface area contributed by atoms with Gasteiger partial charge in [-0.1, -0.05) is 51.1 Å². The van der Waals surface area contributed by atoms with E-state index in [4.69, 9.17) is 0 Å². The zero-order valence-corrected chi connectivity index (χ0v) is 16.1. The van der Waals surface area contributed by atoms with Gasteiger partial charge in [-0.2, -0.15) is 0 Å². The first kappa shape index (κ1) is 18.6. The summed E-state index contributed by atoms with van der Waals surface area (Å²) in [4.78, 5) is 15.0. The zero-order valence-electron chi connectivity index (χ0n) is 16.1. The number of nitrogens with zero attached hydrogens (tertiary/aromatic N) is 4. The van der Waals surface area contributed by atoms with Gasteiger partial charge in [0.05, 0.1) is 12.5 Å². The Kier molecular flexibility index (Phi) is 5.71. The molecule has 2 heterocycles. The number of aromatic nitrogens is 3. The van der Waals surface area contributed by atoms with Gasteiger partial charge in [0.25, 0.3) is 0 Å². The zero-order chi connectivity index (χ0) is 18.7. The van der Waals surface area contributed by atoms with Crippen molar-refractivity contribution in [1.82, 2.24) is 25.0 Å². The molecule has 1 saturated heterocycles. The van der Waals surface area contributed by atoms with Crippen LogP contribution in [-0.2, 0) is 24.9 Å². The summed E-state index contributed by atoms with van der Waals surface area (Å²) in [7, 11) is 1.95. The number of hydrogen-bond donors (Lipinski definition) is 1. The van der Waals surface area contributed by atoms with Gasteiger partial charge >= 0.3 is 0 Å². The minimum atomic E-state index is 0.0245. The van der Waals surface area contributed by atoms with Crippen molar-refractivity contribution in [1.29, 1.82) is 0 Å². The van der Waals surface area contributed by atoms with Crippen LogP contribution in [0, 0.1) is 11.8 Å². The fraction of sp³-hybridized carbons (Fsp3) is 0.550. The van der Waals surface area contributed by atoms with Crippen LogP contribution in [0.4, 0.5) is 0 Å². The Bertz CT molecular complexity index is 740. The first-order valence-electron chi connectivity index (χ1n) is 9.38. The molecule has 0 unspecified atom stereocenters. The summed E-state index contributed by atoms with van der Waals surface area (Å²) >= 11 is 0. The maximum absolute atomic E-state index is 12.7. The van der Waals surface area contributed by atoms with Crippen molar-refractivity contribution in [2.45, 2.75) is 39.8 Å². The third-order valence-corrected chi connectivity index (χ3v) is 5.21. The lowest BCUT2D eigenvalue weighted by Gasteiger charge is -2.16. The van der Waals surface area contributed by atoms with E-state index in [0.717, 1.165) is 31.3 Å². The van der Waals surface area contributed by atoms with Crippen LogP contribution in [0.15, 0.2) is 30.3 Å². The summed E-state index contributed by atoms with van der Waals surface area (Å²) in [6, 6.07) is 10.4. The number of carbonyl (C=O) groups excluding carboxylic acids is 1. The van der Waals surface area contributed by atoms with Crippen molar-refractivity contribution in [2.24, 2.45) is 18.9 Å². The molecular weight excluding hydrogens is 326 g/mol. The fourth-order valence-electron chi connectivity index (χ4n) is 3.71. The molecule has 1 N–H and O–H groups in total. The first-order chi connectivity index (χ1) is 12.5. The van der Waals surface area contributed by atoms with Gasteiger partial charge in [-0.3, -0.25) is 9.69 Å². The second-order valence-electron chi connectivity index (χ2n) is 7.67. The molecule has 26 heavy (non-hydrogen) atoms. The molecule has 2 atom stereocenters. The van der Waals surface area contributed by atoms with E-state index in [1.165, 1.54) is 5.56 Å². The Morgan fingerprint density at radius 1 is 1.23 bits per heavy atom. The molecule has 0 bridgehead atoms. The van der Waals surface area contributed by atoms with E-state index < -0.39 is 0 Å². The van der Waals surface area contributed by atoms with Crippen molar-refractivity contribution in [3.05, 3.63) is 47.5 Å². The SMILES string of the molecule is CC(C)c1nnc(CNC(=O)[C@@H]2CN(Cc3ccccc3)C[C@H]2C)n1C. The highest BCUT2D eigenvalue weighted by Crippen LogP contribution is 2.24. The Hall–Kier alpha value is -2.21. The molecule has 1 aliphatic rings. The molecule has 6 nitrogen and oxygen atoms in total. The van der Waals surface area contributed by atoms with E-state index in [1.54, 1.807) is 0 Å². The molecule has 1 aromatic heterocycles. The van der Waals surface area contributed by atoms with E-state index in [1.807, 2.05) is 17.7 Å². The lowest BCUT2D eigenvalue weighted by molar-refractivity contribution is -0.125. The molecule has 0 radical (unpaired) electrons. The summed E-state index contributed by atoms with van der Waals surface area (Å²) in [5, 5.41) is 11.5.